The van der Waals surface area contributed by atoms with Crippen molar-refractivity contribution in [3.63, 3.8) is 0 Å². The molecule has 0 aliphatic carbocycles. The summed E-state index contributed by atoms with van der Waals surface area (Å²) < 4.78 is 4.82. The van der Waals surface area contributed by atoms with Crippen LogP contribution in [0.15, 0.2) is 18.2 Å². The van der Waals surface area contributed by atoms with E-state index in [0.29, 0.717) is 24.4 Å². The monoisotopic (exact) mass is 279 g/mol. The van der Waals surface area contributed by atoms with Gasteiger partial charge in [-0.1, -0.05) is 12.1 Å². The van der Waals surface area contributed by atoms with Crippen molar-refractivity contribution in [3.05, 3.63) is 29.3 Å². The van der Waals surface area contributed by atoms with Crippen LogP contribution >= 0.6 is 0 Å². The Balaban J connectivity index is 2.39. The Morgan fingerprint density at radius 2 is 2.00 bits per heavy atom. The van der Waals surface area contributed by atoms with E-state index in [1.54, 1.807) is 19.2 Å². The quantitative estimate of drug-likeness (QED) is 0.499. The molecular formula is C14H21N3O3. The van der Waals surface area contributed by atoms with Crippen LogP contribution in [0.1, 0.15) is 22.3 Å². The summed E-state index contributed by atoms with van der Waals surface area (Å²) in [7, 11) is 1.57. The second-order valence-corrected chi connectivity index (χ2v) is 4.39. The van der Waals surface area contributed by atoms with Crippen molar-refractivity contribution in [2.45, 2.75) is 13.3 Å². The van der Waals surface area contributed by atoms with E-state index in [0.717, 1.165) is 5.56 Å². The van der Waals surface area contributed by atoms with E-state index in [9.17, 15) is 9.59 Å². The second kappa shape index (κ2) is 8.16. The normalized spacial score (nSPS) is 10.1. The summed E-state index contributed by atoms with van der Waals surface area (Å²) >= 11 is 0. The number of carbonyl (C=O) groups excluding carboxylic acids is 2. The maximum absolute atomic E-state index is 12.0. The number of carbonyl (C=O) groups is 2. The zero-order valence-corrected chi connectivity index (χ0v) is 11.9. The van der Waals surface area contributed by atoms with E-state index < -0.39 is 0 Å². The van der Waals surface area contributed by atoms with E-state index in [2.05, 4.69) is 10.6 Å². The minimum Gasteiger partial charge on any atom is -0.398 e. The third kappa shape index (κ3) is 4.89. The average Bonchev–Trinajstić information content (AvgIpc) is 2.39. The summed E-state index contributed by atoms with van der Waals surface area (Å²) in [5.74, 6) is -0.384. The Hall–Kier alpha value is -2.08. The Labute approximate surface area is 118 Å². The Bertz CT molecular complexity index is 454. The third-order valence-corrected chi connectivity index (χ3v) is 2.80. The van der Waals surface area contributed by atoms with Gasteiger partial charge >= 0.3 is 0 Å². The Morgan fingerprint density at radius 1 is 1.25 bits per heavy atom. The number of benzene rings is 1. The SMILES string of the molecule is COCCNC(=O)CCNC(=O)c1c(C)cccc1N. The van der Waals surface area contributed by atoms with Crippen molar-refractivity contribution in [2.75, 3.05) is 32.5 Å². The van der Waals surface area contributed by atoms with E-state index in [1.165, 1.54) is 0 Å². The highest BCUT2D eigenvalue weighted by Gasteiger charge is 2.12. The van der Waals surface area contributed by atoms with E-state index in [-0.39, 0.29) is 24.8 Å². The maximum atomic E-state index is 12.0. The number of ether oxygens (including phenoxy) is 1. The Morgan fingerprint density at radius 3 is 2.65 bits per heavy atom. The van der Waals surface area contributed by atoms with Gasteiger partial charge in [-0.2, -0.15) is 0 Å². The van der Waals surface area contributed by atoms with E-state index >= 15 is 0 Å². The summed E-state index contributed by atoms with van der Waals surface area (Å²) in [6, 6.07) is 5.30. The van der Waals surface area contributed by atoms with Gasteiger partial charge < -0.3 is 21.1 Å². The van der Waals surface area contributed by atoms with Crippen LogP contribution in [0.3, 0.4) is 0 Å². The smallest absolute Gasteiger partial charge is 0.253 e. The average molecular weight is 279 g/mol. The minimum atomic E-state index is -0.259. The van der Waals surface area contributed by atoms with Crippen LogP contribution in [0.25, 0.3) is 0 Å². The van der Waals surface area contributed by atoms with Crippen molar-refractivity contribution < 1.29 is 14.3 Å². The topological polar surface area (TPSA) is 93.5 Å². The number of methoxy groups -OCH3 is 1. The molecule has 0 aliphatic heterocycles. The van der Waals surface area contributed by atoms with Gasteiger partial charge in [-0.15, -0.1) is 0 Å². The van der Waals surface area contributed by atoms with Crippen LogP contribution in [0.5, 0.6) is 0 Å². The maximum Gasteiger partial charge on any atom is 0.253 e. The zero-order valence-electron chi connectivity index (χ0n) is 11.9. The fourth-order valence-corrected chi connectivity index (χ4v) is 1.76. The number of aryl methyl sites for hydroxylation is 1. The molecule has 0 aromatic heterocycles. The molecule has 0 unspecified atom stereocenters. The van der Waals surface area contributed by atoms with E-state index in [4.69, 9.17) is 10.5 Å². The number of nitrogens with two attached hydrogens (primary N) is 1. The molecule has 0 fully saturated rings. The molecule has 2 amide bonds. The van der Waals surface area contributed by atoms with Gasteiger partial charge in [-0.3, -0.25) is 9.59 Å². The fraction of sp³-hybridized carbons (Fsp3) is 0.429. The Kier molecular flexibility index (Phi) is 6.52. The van der Waals surface area contributed by atoms with Crippen LogP contribution in [-0.2, 0) is 9.53 Å². The molecule has 0 bridgehead atoms. The number of nitrogen functional groups attached to an aromatic ring is 1. The molecule has 110 valence electrons. The van der Waals surface area contributed by atoms with Crippen LogP contribution in [0, 0.1) is 6.92 Å². The number of anilines is 1. The molecule has 4 N–H and O–H groups in total. The highest BCUT2D eigenvalue weighted by atomic mass is 16.5. The van der Waals surface area contributed by atoms with Gasteiger partial charge in [0.2, 0.25) is 5.91 Å². The molecule has 0 aliphatic rings. The molecule has 0 atom stereocenters. The molecule has 1 rings (SSSR count). The predicted octanol–water partition coefficient (Wildman–Crippen LogP) is 0.460. The summed E-state index contributed by atoms with van der Waals surface area (Å²) in [6.07, 6.45) is 0.223. The number of hydrogen-bond donors (Lipinski definition) is 3. The van der Waals surface area contributed by atoms with Gasteiger partial charge in [0.05, 0.1) is 12.2 Å². The van der Waals surface area contributed by atoms with Crippen molar-refractivity contribution >= 4 is 17.5 Å². The third-order valence-electron chi connectivity index (χ3n) is 2.80. The lowest BCUT2D eigenvalue weighted by molar-refractivity contribution is -0.121. The molecule has 0 radical (unpaired) electrons. The molecule has 0 spiro atoms. The molecular weight excluding hydrogens is 258 g/mol. The van der Waals surface area contributed by atoms with Crippen molar-refractivity contribution in [1.29, 1.82) is 0 Å². The molecule has 20 heavy (non-hydrogen) atoms. The van der Waals surface area contributed by atoms with Gasteiger partial charge in [0.1, 0.15) is 0 Å². The molecule has 1 aromatic carbocycles. The molecule has 0 heterocycles. The minimum absolute atomic E-state index is 0.125. The van der Waals surface area contributed by atoms with Gasteiger partial charge in [0.25, 0.3) is 5.91 Å². The van der Waals surface area contributed by atoms with Gasteiger partial charge in [-0.05, 0) is 18.6 Å². The zero-order chi connectivity index (χ0) is 15.0. The molecule has 6 nitrogen and oxygen atoms in total. The first-order valence-corrected chi connectivity index (χ1v) is 6.45. The number of nitrogens with one attached hydrogen (secondary N) is 2. The summed E-state index contributed by atoms with van der Waals surface area (Å²) in [6.45, 7) is 3.03. The number of hydrogen-bond acceptors (Lipinski definition) is 4. The van der Waals surface area contributed by atoms with Crippen molar-refractivity contribution in [3.8, 4) is 0 Å². The number of rotatable bonds is 7. The lowest BCUT2D eigenvalue weighted by Gasteiger charge is -2.10. The van der Waals surface area contributed by atoms with Gasteiger partial charge in [0.15, 0.2) is 0 Å². The van der Waals surface area contributed by atoms with Crippen LogP contribution in [0.4, 0.5) is 5.69 Å². The molecule has 6 heteroatoms. The lowest BCUT2D eigenvalue weighted by atomic mass is 10.1. The highest BCUT2D eigenvalue weighted by molar-refractivity contribution is 6.00. The largest absolute Gasteiger partial charge is 0.398 e. The molecule has 0 saturated carbocycles. The van der Waals surface area contributed by atoms with Crippen molar-refractivity contribution in [2.24, 2.45) is 0 Å². The van der Waals surface area contributed by atoms with Gasteiger partial charge in [-0.25, -0.2) is 0 Å². The van der Waals surface area contributed by atoms with Crippen LogP contribution < -0.4 is 16.4 Å². The van der Waals surface area contributed by atoms with Gasteiger partial charge in [0, 0.05) is 32.3 Å². The summed E-state index contributed by atoms with van der Waals surface area (Å²) in [5, 5.41) is 5.37. The second-order valence-electron chi connectivity index (χ2n) is 4.39. The number of amides is 2. The summed E-state index contributed by atoms with van der Waals surface area (Å²) in [5.41, 5.74) is 7.50. The molecule has 0 saturated heterocycles. The summed E-state index contributed by atoms with van der Waals surface area (Å²) in [4.78, 5) is 23.4. The first-order valence-electron chi connectivity index (χ1n) is 6.45. The van der Waals surface area contributed by atoms with Crippen LogP contribution in [-0.4, -0.2) is 38.6 Å². The lowest BCUT2D eigenvalue weighted by Crippen LogP contribution is -2.32. The standard InChI is InChI=1S/C14H21N3O3/c1-10-4-3-5-11(15)13(10)14(19)17-7-6-12(18)16-8-9-20-2/h3-5H,6-9,15H2,1-2H3,(H,16,18)(H,17,19). The first kappa shape index (κ1) is 16.0. The van der Waals surface area contributed by atoms with Crippen LogP contribution in [0.2, 0.25) is 0 Å². The fourth-order valence-electron chi connectivity index (χ4n) is 1.76. The van der Waals surface area contributed by atoms with Crippen molar-refractivity contribution in [1.82, 2.24) is 10.6 Å². The molecule has 1 aromatic rings. The highest BCUT2D eigenvalue weighted by Crippen LogP contribution is 2.15. The first-order chi connectivity index (χ1) is 9.56. The van der Waals surface area contributed by atoms with E-state index in [1.807, 2.05) is 13.0 Å². The predicted molar refractivity (Wildman–Crippen MR) is 77.4 cm³/mol.